The third-order valence-electron chi connectivity index (χ3n) is 5.47. The highest BCUT2D eigenvalue weighted by atomic mass is 31.2. The monoisotopic (exact) mass is 405 g/mol. The molecule has 1 unspecified atom stereocenters. The Bertz CT molecular complexity index is 1340. The van der Waals surface area contributed by atoms with Gasteiger partial charge in [0.1, 0.15) is 0 Å². The first-order valence-corrected chi connectivity index (χ1v) is 11.6. The van der Waals surface area contributed by atoms with E-state index < -0.39 is 7.14 Å². The quantitative estimate of drug-likeness (QED) is 0.368. The van der Waals surface area contributed by atoms with Crippen molar-refractivity contribution in [2.24, 2.45) is 0 Å². The van der Waals surface area contributed by atoms with E-state index in [0.29, 0.717) is 0 Å². The van der Waals surface area contributed by atoms with E-state index in [1.165, 1.54) is 0 Å². The van der Waals surface area contributed by atoms with E-state index in [4.69, 9.17) is 0 Å². The van der Waals surface area contributed by atoms with Crippen molar-refractivity contribution in [1.82, 2.24) is 4.98 Å². The second kappa shape index (κ2) is 7.74. The summed E-state index contributed by atoms with van der Waals surface area (Å²) in [6.45, 7) is 0. The molecule has 144 valence electrons. The van der Waals surface area contributed by atoms with Crippen LogP contribution >= 0.6 is 7.14 Å². The van der Waals surface area contributed by atoms with Gasteiger partial charge in [-0.2, -0.15) is 0 Å². The van der Waals surface area contributed by atoms with Crippen LogP contribution < -0.4 is 15.9 Å². The lowest BCUT2D eigenvalue weighted by molar-refractivity contribution is 0.592. The smallest absolute Gasteiger partial charge is 0.171 e. The van der Waals surface area contributed by atoms with Crippen molar-refractivity contribution >= 4 is 33.8 Å². The van der Waals surface area contributed by atoms with Crippen molar-refractivity contribution in [2.75, 3.05) is 0 Å². The number of hydrogen-bond acceptors (Lipinski definition) is 2. The summed E-state index contributed by atoms with van der Waals surface area (Å²) in [7, 11) is -3.05. The predicted octanol–water partition coefficient (Wildman–Crippen LogP) is 5.54. The fourth-order valence-electron chi connectivity index (χ4n) is 3.96. The Hall–Kier alpha value is -3.48. The molecule has 0 bridgehead atoms. The third-order valence-corrected chi connectivity index (χ3v) is 8.59. The minimum Gasteiger partial charge on any atom is -0.309 e. The molecule has 0 saturated heterocycles. The van der Waals surface area contributed by atoms with Crippen LogP contribution in [0.25, 0.3) is 21.9 Å². The molecule has 30 heavy (non-hydrogen) atoms. The summed E-state index contributed by atoms with van der Waals surface area (Å²) in [5.41, 5.74) is 2.18. The van der Waals surface area contributed by atoms with Gasteiger partial charge in [-0.15, -0.1) is 0 Å². The zero-order valence-corrected chi connectivity index (χ0v) is 17.2. The van der Waals surface area contributed by atoms with Gasteiger partial charge in [0.05, 0.1) is 0 Å². The standard InChI is InChI=1S/C27H20NOP/c29-30(24-9-2-1-3-10-24,27-12-6-8-23-7-4-5-11-26(23)27)25-15-13-21(14-16-25)22-17-19-28-20-18-22/h1-20H. The maximum atomic E-state index is 14.9. The van der Waals surface area contributed by atoms with Gasteiger partial charge < -0.3 is 4.57 Å². The number of fused-ring (bicyclic) bond motifs is 1. The van der Waals surface area contributed by atoms with E-state index in [2.05, 4.69) is 23.2 Å². The lowest BCUT2D eigenvalue weighted by atomic mass is 10.1. The minimum absolute atomic E-state index is 0.836. The van der Waals surface area contributed by atoms with Crippen molar-refractivity contribution in [2.45, 2.75) is 0 Å². The summed E-state index contributed by atoms with van der Waals surface area (Å²) in [4.78, 5) is 4.09. The highest BCUT2D eigenvalue weighted by Crippen LogP contribution is 2.44. The van der Waals surface area contributed by atoms with E-state index in [1.54, 1.807) is 12.4 Å². The molecule has 0 saturated carbocycles. The van der Waals surface area contributed by atoms with Gasteiger partial charge in [-0.05, 0) is 34.0 Å². The maximum absolute atomic E-state index is 14.9. The predicted molar refractivity (Wildman–Crippen MR) is 127 cm³/mol. The van der Waals surface area contributed by atoms with Gasteiger partial charge in [0, 0.05) is 28.3 Å². The van der Waals surface area contributed by atoms with Crippen LogP contribution in [0.15, 0.2) is 122 Å². The molecule has 0 radical (unpaired) electrons. The summed E-state index contributed by atoms with van der Waals surface area (Å²) in [5, 5.41) is 4.69. The van der Waals surface area contributed by atoms with Gasteiger partial charge in [-0.25, -0.2) is 0 Å². The lowest BCUT2D eigenvalue weighted by Gasteiger charge is -2.22. The van der Waals surface area contributed by atoms with E-state index in [1.807, 2.05) is 91.0 Å². The number of aromatic nitrogens is 1. The number of benzene rings is 4. The molecule has 1 atom stereocenters. The van der Waals surface area contributed by atoms with Gasteiger partial charge in [0.15, 0.2) is 7.14 Å². The molecule has 0 N–H and O–H groups in total. The molecule has 0 spiro atoms. The summed E-state index contributed by atoms with van der Waals surface area (Å²) >= 11 is 0. The first-order valence-electron chi connectivity index (χ1n) is 9.92. The van der Waals surface area contributed by atoms with Crippen LogP contribution in [0.1, 0.15) is 0 Å². The Morgan fingerprint density at radius 3 is 1.90 bits per heavy atom. The van der Waals surface area contributed by atoms with Crippen molar-refractivity contribution in [3.63, 3.8) is 0 Å². The van der Waals surface area contributed by atoms with E-state index in [-0.39, 0.29) is 0 Å². The zero-order chi connectivity index (χ0) is 20.4. The molecule has 0 amide bonds. The number of rotatable bonds is 4. The molecular weight excluding hydrogens is 385 g/mol. The molecule has 0 aliphatic carbocycles. The number of nitrogens with zero attached hydrogens (tertiary/aromatic N) is 1. The molecule has 5 aromatic rings. The molecule has 0 fully saturated rings. The van der Waals surface area contributed by atoms with Crippen LogP contribution in [0.4, 0.5) is 0 Å². The van der Waals surface area contributed by atoms with E-state index in [9.17, 15) is 4.57 Å². The molecular formula is C27H20NOP. The van der Waals surface area contributed by atoms with Crippen molar-refractivity contribution < 1.29 is 4.57 Å². The molecule has 1 heterocycles. The van der Waals surface area contributed by atoms with Crippen molar-refractivity contribution in [3.8, 4) is 11.1 Å². The zero-order valence-electron chi connectivity index (χ0n) is 16.3. The maximum Gasteiger partial charge on any atom is 0.171 e. The summed E-state index contributed by atoms with van der Waals surface area (Å²) in [6.07, 6.45) is 3.57. The highest BCUT2D eigenvalue weighted by Gasteiger charge is 2.31. The van der Waals surface area contributed by atoms with Gasteiger partial charge in [-0.1, -0.05) is 97.1 Å². The molecule has 3 heteroatoms. The van der Waals surface area contributed by atoms with Crippen LogP contribution in [0.2, 0.25) is 0 Å². The lowest BCUT2D eigenvalue weighted by Crippen LogP contribution is -2.25. The molecule has 5 rings (SSSR count). The normalized spacial score (nSPS) is 13.1. The first-order chi connectivity index (χ1) is 14.8. The first kappa shape index (κ1) is 18.5. The Kier molecular flexibility index (Phi) is 4.78. The van der Waals surface area contributed by atoms with Crippen LogP contribution in [0, 0.1) is 0 Å². The van der Waals surface area contributed by atoms with Crippen molar-refractivity contribution in [1.29, 1.82) is 0 Å². The summed E-state index contributed by atoms with van der Waals surface area (Å²) in [5.74, 6) is 0. The highest BCUT2D eigenvalue weighted by molar-refractivity contribution is 7.85. The van der Waals surface area contributed by atoms with Gasteiger partial charge in [0.25, 0.3) is 0 Å². The second-order valence-electron chi connectivity index (χ2n) is 7.23. The largest absolute Gasteiger partial charge is 0.309 e. The molecule has 2 nitrogen and oxygen atoms in total. The minimum atomic E-state index is -3.05. The van der Waals surface area contributed by atoms with Crippen LogP contribution in [0.5, 0.6) is 0 Å². The SMILES string of the molecule is O=P(c1ccccc1)(c1ccc(-c2ccncc2)cc1)c1cccc2ccccc12. The van der Waals surface area contributed by atoms with Crippen LogP contribution in [-0.2, 0) is 4.57 Å². The summed E-state index contributed by atoms with van der Waals surface area (Å²) < 4.78 is 14.9. The van der Waals surface area contributed by atoms with Gasteiger partial charge in [0.2, 0.25) is 0 Å². The fourth-order valence-corrected chi connectivity index (χ4v) is 6.81. The molecule has 0 aliphatic rings. The molecule has 1 aromatic heterocycles. The average Bonchev–Trinajstić information content (AvgIpc) is 2.84. The van der Waals surface area contributed by atoms with Crippen LogP contribution in [-0.4, -0.2) is 4.98 Å². The van der Waals surface area contributed by atoms with E-state index in [0.717, 1.165) is 37.8 Å². The van der Waals surface area contributed by atoms with Crippen molar-refractivity contribution in [3.05, 3.63) is 122 Å². The van der Waals surface area contributed by atoms with E-state index >= 15 is 0 Å². The Labute approximate surface area is 176 Å². The number of hydrogen-bond donors (Lipinski definition) is 0. The van der Waals surface area contributed by atoms with Crippen LogP contribution in [0.3, 0.4) is 0 Å². The number of pyridine rings is 1. The summed E-state index contributed by atoms with van der Waals surface area (Å²) in [6, 6.07) is 36.1. The topological polar surface area (TPSA) is 30.0 Å². The average molecular weight is 405 g/mol. The molecule has 0 aliphatic heterocycles. The van der Waals surface area contributed by atoms with Gasteiger partial charge >= 0.3 is 0 Å². The van der Waals surface area contributed by atoms with Gasteiger partial charge in [-0.3, -0.25) is 4.98 Å². The Morgan fingerprint density at radius 1 is 0.533 bits per heavy atom. The Morgan fingerprint density at radius 2 is 1.13 bits per heavy atom. The molecule has 4 aromatic carbocycles. The second-order valence-corrected chi connectivity index (χ2v) is 9.96. The Balaban J connectivity index is 1.73. The fraction of sp³-hybridized carbons (Fsp3) is 0. The third kappa shape index (κ3) is 3.16.